The topological polar surface area (TPSA) is 90.5 Å². The van der Waals surface area contributed by atoms with Gasteiger partial charge in [0, 0.05) is 56.5 Å². The summed E-state index contributed by atoms with van der Waals surface area (Å²) >= 11 is 0. The quantitative estimate of drug-likeness (QED) is 0.695. The Balaban J connectivity index is 1.48. The highest BCUT2D eigenvalue weighted by molar-refractivity contribution is 5.90. The number of rotatable bonds is 8. The lowest BCUT2D eigenvalue weighted by Crippen LogP contribution is -2.36. The van der Waals surface area contributed by atoms with Crippen molar-refractivity contribution in [2.75, 3.05) is 36.8 Å². The van der Waals surface area contributed by atoms with Crippen molar-refractivity contribution in [1.82, 2.24) is 19.8 Å². The SMILES string of the molecule is CC(CN1CCCC1=O)Nc1nc(NC(C)CN2CCCC2=O)c2ccccc2n1. The van der Waals surface area contributed by atoms with Crippen LogP contribution in [0.5, 0.6) is 0 Å². The zero-order valence-corrected chi connectivity index (χ0v) is 17.7. The fourth-order valence-electron chi connectivity index (χ4n) is 4.25. The molecule has 3 heterocycles. The Morgan fingerprint density at radius 2 is 1.50 bits per heavy atom. The summed E-state index contributed by atoms with van der Waals surface area (Å²) in [6.45, 7) is 7.06. The summed E-state index contributed by atoms with van der Waals surface area (Å²) < 4.78 is 0. The largest absolute Gasteiger partial charge is 0.365 e. The molecule has 2 aliphatic heterocycles. The molecule has 30 heavy (non-hydrogen) atoms. The average Bonchev–Trinajstić information content (AvgIpc) is 3.30. The van der Waals surface area contributed by atoms with E-state index < -0.39 is 0 Å². The molecule has 0 spiro atoms. The number of anilines is 2. The van der Waals surface area contributed by atoms with Gasteiger partial charge in [-0.15, -0.1) is 0 Å². The molecule has 1 aromatic heterocycles. The van der Waals surface area contributed by atoms with Crippen LogP contribution in [0.3, 0.4) is 0 Å². The van der Waals surface area contributed by atoms with E-state index in [1.807, 2.05) is 41.0 Å². The number of carbonyl (C=O) groups excluding carboxylic acids is 2. The number of benzene rings is 1. The number of nitrogens with zero attached hydrogens (tertiary/aromatic N) is 4. The van der Waals surface area contributed by atoms with E-state index in [1.165, 1.54) is 0 Å². The van der Waals surface area contributed by atoms with Crippen molar-refractivity contribution in [3.8, 4) is 0 Å². The number of fused-ring (bicyclic) bond motifs is 1. The van der Waals surface area contributed by atoms with Crippen LogP contribution in [-0.4, -0.2) is 69.8 Å². The lowest BCUT2D eigenvalue weighted by atomic mass is 10.2. The monoisotopic (exact) mass is 410 g/mol. The number of nitrogens with one attached hydrogen (secondary N) is 2. The molecule has 0 aliphatic carbocycles. The second-order valence-corrected chi connectivity index (χ2v) is 8.39. The molecule has 0 saturated carbocycles. The summed E-state index contributed by atoms with van der Waals surface area (Å²) in [5.74, 6) is 1.74. The number of aromatic nitrogens is 2. The number of hydrogen-bond acceptors (Lipinski definition) is 6. The molecule has 160 valence electrons. The Morgan fingerprint density at radius 1 is 0.900 bits per heavy atom. The Labute approximate surface area is 177 Å². The van der Waals surface area contributed by atoms with Gasteiger partial charge in [0.2, 0.25) is 17.8 Å². The third-order valence-electron chi connectivity index (χ3n) is 5.69. The number of likely N-dealkylation sites (tertiary alicyclic amines) is 2. The molecule has 2 amide bonds. The molecule has 8 heteroatoms. The van der Waals surface area contributed by atoms with Crippen LogP contribution >= 0.6 is 0 Å². The van der Waals surface area contributed by atoms with Crippen LogP contribution in [0, 0.1) is 0 Å². The maximum atomic E-state index is 11.9. The second-order valence-electron chi connectivity index (χ2n) is 8.39. The molecule has 8 nitrogen and oxygen atoms in total. The molecule has 2 atom stereocenters. The Kier molecular flexibility index (Phi) is 6.01. The van der Waals surface area contributed by atoms with Crippen molar-refractivity contribution in [2.45, 2.75) is 51.6 Å². The van der Waals surface area contributed by atoms with E-state index >= 15 is 0 Å². The predicted molar refractivity (Wildman–Crippen MR) is 117 cm³/mol. The van der Waals surface area contributed by atoms with Crippen LogP contribution in [-0.2, 0) is 9.59 Å². The van der Waals surface area contributed by atoms with Gasteiger partial charge < -0.3 is 20.4 Å². The van der Waals surface area contributed by atoms with Crippen molar-refractivity contribution in [3.63, 3.8) is 0 Å². The molecule has 2 aliphatic rings. The first-order valence-corrected chi connectivity index (χ1v) is 10.8. The number of carbonyl (C=O) groups is 2. The van der Waals surface area contributed by atoms with Crippen LogP contribution in [0.25, 0.3) is 10.9 Å². The van der Waals surface area contributed by atoms with Crippen LogP contribution in [0.2, 0.25) is 0 Å². The molecule has 2 saturated heterocycles. The van der Waals surface area contributed by atoms with Gasteiger partial charge in [0.1, 0.15) is 5.82 Å². The van der Waals surface area contributed by atoms with E-state index in [1.54, 1.807) is 0 Å². The van der Waals surface area contributed by atoms with Crippen LogP contribution < -0.4 is 10.6 Å². The van der Waals surface area contributed by atoms with Crippen molar-refractivity contribution in [2.24, 2.45) is 0 Å². The first-order chi connectivity index (χ1) is 14.5. The van der Waals surface area contributed by atoms with Crippen molar-refractivity contribution >= 4 is 34.5 Å². The predicted octanol–water partition coefficient (Wildman–Crippen LogP) is 2.48. The Bertz CT molecular complexity index is 933. The molecule has 4 rings (SSSR count). The Morgan fingerprint density at radius 3 is 2.10 bits per heavy atom. The number of amides is 2. The molecule has 2 N–H and O–H groups in total. The van der Waals surface area contributed by atoms with Gasteiger partial charge >= 0.3 is 0 Å². The van der Waals surface area contributed by atoms with Crippen molar-refractivity contribution in [3.05, 3.63) is 24.3 Å². The smallest absolute Gasteiger partial charge is 0.225 e. The van der Waals surface area contributed by atoms with Crippen LogP contribution in [0.15, 0.2) is 24.3 Å². The van der Waals surface area contributed by atoms with Gasteiger partial charge in [0.15, 0.2) is 0 Å². The minimum Gasteiger partial charge on any atom is -0.365 e. The number of hydrogen-bond donors (Lipinski definition) is 2. The normalized spacial score (nSPS) is 18.9. The lowest BCUT2D eigenvalue weighted by Gasteiger charge is -2.24. The maximum absolute atomic E-state index is 11.9. The van der Waals surface area contributed by atoms with E-state index in [0.29, 0.717) is 31.9 Å². The van der Waals surface area contributed by atoms with Gasteiger partial charge in [0.25, 0.3) is 0 Å². The zero-order chi connectivity index (χ0) is 21.1. The summed E-state index contributed by atoms with van der Waals surface area (Å²) in [5.41, 5.74) is 0.853. The third kappa shape index (κ3) is 4.63. The summed E-state index contributed by atoms with van der Waals surface area (Å²) in [5, 5.41) is 7.78. The highest BCUT2D eigenvalue weighted by atomic mass is 16.2. The fraction of sp³-hybridized carbons (Fsp3) is 0.545. The molecular weight excluding hydrogens is 380 g/mol. The molecule has 2 unspecified atom stereocenters. The van der Waals surface area contributed by atoms with Crippen LogP contribution in [0.4, 0.5) is 11.8 Å². The molecule has 0 radical (unpaired) electrons. The van der Waals surface area contributed by atoms with E-state index in [-0.39, 0.29) is 23.9 Å². The molecule has 2 aromatic rings. The van der Waals surface area contributed by atoms with E-state index in [0.717, 1.165) is 42.7 Å². The van der Waals surface area contributed by atoms with Crippen molar-refractivity contribution < 1.29 is 9.59 Å². The van der Waals surface area contributed by atoms with Gasteiger partial charge in [-0.1, -0.05) is 12.1 Å². The fourth-order valence-corrected chi connectivity index (χ4v) is 4.25. The highest BCUT2D eigenvalue weighted by Crippen LogP contribution is 2.23. The third-order valence-corrected chi connectivity index (χ3v) is 5.69. The minimum absolute atomic E-state index is 0.0423. The van der Waals surface area contributed by atoms with Gasteiger partial charge in [0.05, 0.1) is 5.52 Å². The van der Waals surface area contributed by atoms with Crippen LogP contribution in [0.1, 0.15) is 39.5 Å². The highest BCUT2D eigenvalue weighted by Gasteiger charge is 2.23. The van der Waals surface area contributed by atoms with E-state index in [2.05, 4.69) is 22.5 Å². The van der Waals surface area contributed by atoms with E-state index in [9.17, 15) is 9.59 Å². The average molecular weight is 411 g/mol. The molecule has 0 bridgehead atoms. The maximum Gasteiger partial charge on any atom is 0.225 e. The summed E-state index contributed by atoms with van der Waals surface area (Å²) in [6.07, 6.45) is 3.16. The summed E-state index contributed by atoms with van der Waals surface area (Å²) in [4.78, 5) is 37.1. The summed E-state index contributed by atoms with van der Waals surface area (Å²) in [7, 11) is 0. The van der Waals surface area contributed by atoms with Gasteiger partial charge in [-0.3, -0.25) is 9.59 Å². The first kappa shape index (κ1) is 20.4. The minimum atomic E-state index is 0.0423. The number of para-hydroxylation sites is 1. The summed E-state index contributed by atoms with van der Waals surface area (Å²) in [6, 6.07) is 8.01. The molecular formula is C22H30N6O2. The second kappa shape index (κ2) is 8.85. The standard InChI is InChI=1S/C22H30N6O2/c1-15(13-27-11-5-9-19(27)29)23-21-17-7-3-4-8-18(17)25-22(26-21)24-16(2)14-28-12-6-10-20(28)30/h3-4,7-8,15-16H,5-6,9-14H2,1-2H3,(H2,23,24,25,26). The first-order valence-electron chi connectivity index (χ1n) is 10.8. The van der Waals surface area contributed by atoms with Gasteiger partial charge in [-0.25, -0.2) is 4.98 Å². The molecule has 1 aromatic carbocycles. The Hall–Kier alpha value is -2.90. The van der Waals surface area contributed by atoms with E-state index in [4.69, 9.17) is 4.98 Å². The van der Waals surface area contributed by atoms with Crippen molar-refractivity contribution in [1.29, 1.82) is 0 Å². The molecule has 2 fully saturated rings. The van der Waals surface area contributed by atoms with Gasteiger partial charge in [-0.05, 0) is 38.8 Å². The van der Waals surface area contributed by atoms with Gasteiger partial charge in [-0.2, -0.15) is 4.98 Å². The zero-order valence-electron chi connectivity index (χ0n) is 17.7. The lowest BCUT2D eigenvalue weighted by molar-refractivity contribution is -0.128.